The van der Waals surface area contributed by atoms with Gasteiger partial charge in [0.05, 0.1) is 0 Å². The Labute approximate surface area is 145 Å². The summed E-state index contributed by atoms with van der Waals surface area (Å²) in [4.78, 5) is 12.4. The molecule has 0 bridgehead atoms. The molecule has 0 saturated heterocycles. The van der Waals surface area contributed by atoms with Crippen LogP contribution in [0.2, 0.25) is 0 Å². The topological polar surface area (TPSA) is 38.3 Å². The van der Waals surface area contributed by atoms with Gasteiger partial charge in [-0.1, -0.05) is 58.0 Å². The van der Waals surface area contributed by atoms with Gasteiger partial charge in [0.15, 0.2) is 6.10 Å². The van der Waals surface area contributed by atoms with Gasteiger partial charge < -0.3 is 10.1 Å². The lowest BCUT2D eigenvalue weighted by Gasteiger charge is -2.20. The van der Waals surface area contributed by atoms with Crippen LogP contribution in [0.15, 0.2) is 48.5 Å². The molecule has 0 spiro atoms. The Kier molecular flexibility index (Phi) is 5.66. The van der Waals surface area contributed by atoms with Crippen LogP contribution in [0.3, 0.4) is 0 Å². The van der Waals surface area contributed by atoms with Crippen molar-refractivity contribution in [2.24, 2.45) is 0 Å². The van der Waals surface area contributed by atoms with Gasteiger partial charge in [-0.05, 0) is 48.1 Å². The maximum absolute atomic E-state index is 12.4. The summed E-state index contributed by atoms with van der Waals surface area (Å²) >= 11 is 0. The zero-order valence-corrected chi connectivity index (χ0v) is 15.2. The molecule has 1 atom stereocenters. The molecule has 3 heteroatoms. The number of amides is 1. The number of anilines is 1. The Morgan fingerprint density at radius 3 is 2.29 bits per heavy atom. The Morgan fingerprint density at radius 1 is 1.08 bits per heavy atom. The van der Waals surface area contributed by atoms with E-state index in [0.717, 1.165) is 17.7 Å². The highest BCUT2D eigenvalue weighted by molar-refractivity contribution is 5.94. The van der Waals surface area contributed by atoms with Crippen molar-refractivity contribution >= 4 is 11.6 Å². The predicted molar refractivity (Wildman–Crippen MR) is 99.7 cm³/mol. The van der Waals surface area contributed by atoms with Crippen molar-refractivity contribution in [1.82, 2.24) is 0 Å². The number of carbonyl (C=O) groups excluding carboxylic acids is 1. The van der Waals surface area contributed by atoms with E-state index < -0.39 is 6.10 Å². The molecule has 0 radical (unpaired) electrons. The fourth-order valence-electron chi connectivity index (χ4n) is 2.48. The normalized spacial score (nSPS) is 12.5. The molecule has 0 aromatic heterocycles. The van der Waals surface area contributed by atoms with Crippen LogP contribution in [0, 0.1) is 0 Å². The molecule has 0 aliphatic carbocycles. The van der Waals surface area contributed by atoms with Crippen molar-refractivity contribution in [1.29, 1.82) is 0 Å². The van der Waals surface area contributed by atoms with Gasteiger partial charge in [-0.2, -0.15) is 0 Å². The molecule has 0 aliphatic heterocycles. The molecule has 24 heavy (non-hydrogen) atoms. The largest absolute Gasteiger partial charge is 0.481 e. The second-order valence-corrected chi connectivity index (χ2v) is 7.03. The molecule has 2 rings (SSSR count). The van der Waals surface area contributed by atoms with E-state index in [9.17, 15) is 4.79 Å². The summed E-state index contributed by atoms with van der Waals surface area (Å²) < 4.78 is 5.78. The smallest absolute Gasteiger partial charge is 0.265 e. The van der Waals surface area contributed by atoms with E-state index in [0.29, 0.717) is 5.75 Å². The van der Waals surface area contributed by atoms with E-state index in [1.165, 1.54) is 5.56 Å². The number of hydrogen-bond donors (Lipinski definition) is 1. The third kappa shape index (κ3) is 4.60. The number of nitrogens with one attached hydrogen (secondary N) is 1. The highest BCUT2D eigenvalue weighted by Crippen LogP contribution is 2.25. The molecule has 2 aromatic carbocycles. The van der Waals surface area contributed by atoms with Crippen LogP contribution in [0.4, 0.5) is 5.69 Å². The average molecular weight is 325 g/mol. The van der Waals surface area contributed by atoms with Crippen molar-refractivity contribution in [3.8, 4) is 5.75 Å². The molecule has 0 saturated carbocycles. The van der Waals surface area contributed by atoms with E-state index in [1.807, 2.05) is 48.5 Å². The number of aryl methyl sites for hydroxylation is 1. The first-order valence-electron chi connectivity index (χ1n) is 8.47. The average Bonchev–Trinajstić information content (AvgIpc) is 2.55. The summed E-state index contributed by atoms with van der Waals surface area (Å²) in [7, 11) is 0. The van der Waals surface area contributed by atoms with Crippen LogP contribution < -0.4 is 10.1 Å². The Balaban J connectivity index is 2.01. The van der Waals surface area contributed by atoms with Crippen molar-refractivity contribution in [2.75, 3.05) is 5.32 Å². The van der Waals surface area contributed by atoms with Crippen LogP contribution in [0.5, 0.6) is 5.75 Å². The molecule has 0 aliphatic rings. The van der Waals surface area contributed by atoms with Gasteiger partial charge in [-0.15, -0.1) is 0 Å². The molecule has 0 unspecified atom stereocenters. The lowest BCUT2D eigenvalue weighted by atomic mass is 9.87. The number of hydrogen-bond acceptors (Lipinski definition) is 2. The van der Waals surface area contributed by atoms with Gasteiger partial charge in [0.1, 0.15) is 5.75 Å². The first kappa shape index (κ1) is 18.1. The standard InChI is InChI=1S/C21H27NO2/c1-6-16-9-7-8-10-19(16)22-20(23)15(2)24-18-13-11-17(12-14-18)21(3,4)5/h7-15H,6H2,1-5H3,(H,22,23)/t15-/m1/s1. The van der Waals surface area contributed by atoms with Crippen molar-refractivity contribution in [2.45, 2.75) is 52.6 Å². The van der Waals surface area contributed by atoms with Gasteiger partial charge in [0.25, 0.3) is 5.91 Å². The lowest BCUT2D eigenvalue weighted by Crippen LogP contribution is -2.30. The fraction of sp³-hybridized carbons (Fsp3) is 0.381. The molecule has 3 nitrogen and oxygen atoms in total. The van der Waals surface area contributed by atoms with Gasteiger partial charge in [0, 0.05) is 5.69 Å². The molecule has 0 heterocycles. The molecule has 2 aromatic rings. The zero-order valence-electron chi connectivity index (χ0n) is 15.2. The second kappa shape index (κ2) is 7.52. The van der Waals surface area contributed by atoms with Crippen LogP contribution in [0.1, 0.15) is 45.7 Å². The minimum absolute atomic E-state index is 0.103. The Bertz CT molecular complexity index is 684. The van der Waals surface area contributed by atoms with E-state index in [4.69, 9.17) is 4.74 Å². The van der Waals surface area contributed by atoms with Crippen molar-refractivity contribution in [3.63, 3.8) is 0 Å². The van der Waals surface area contributed by atoms with Crippen LogP contribution >= 0.6 is 0 Å². The number of carbonyl (C=O) groups is 1. The highest BCUT2D eigenvalue weighted by Gasteiger charge is 2.17. The van der Waals surface area contributed by atoms with Crippen LogP contribution in [-0.4, -0.2) is 12.0 Å². The van der Waals surface area contributed by atoms with Crippen molar-refractivity contribution in [3.05, 3.63) is 59.7 Å². The van der Waals surface area contributed by atoms with Crippen LogP contribution in [-0.2, 0) is 16.6 Å². The minimum atomic E-state index is -0.560. The second-order valence-electron chi connectivity index (χ2n) is 7.03. The molecular weight excluding hydrogens is 298 g/mol. The van der Waals surface area contributed by atoms with Gasteiger partial charge in [-0.25, -0.2) is 0 Å². The maximum atomic E-state index is 12.4. The monoisotopic (exact) mass is 325 g/mol. The zero-order chi connectivity index (χ0) is 17.7. The summed E-state index contributed by atoms with van der Waals surface area (Å²) in [6.45, 7) is 10.3. The SMILES string of the molecule is CCc1ccccc1NC(=O)[C@@H](C)Oc1ccc(C(C)(C)C)cc1. The predicted octanol–water partition coefficient (Wildman–Crippen LogP) is 4.95. The van der Waals surface area contributed by atoms with Gasteiger partial charge in [-0.3, -0.25) is 4.79 Å². The van der Waals surface area contributed by atoms with E-state index >= 15 is 0 Å². The number of ether oxygens (including phenoxy) is 1. The first-order chi connectivity index (χ1) is 11.3. The highest BCUT2D eigenvalue weighted by atomic mass is 16.5. The Morgan fingerprint density at radius 2 is 1.71 bits per heavy atom. The maximum Gasteiger partial charge on any atom is 0.265 e. The molecule has 0 fully saturated rings. The number of benzene rings is 2. The third-order valence-electron chi connectivity index (χ3n) is 4.06. The summed E-state index contributed by atoms with van der Waals surface area (Å²) in [5.74, 6) is 0.560. The number of para-hydroxylation sites is 1. The Hall–Kier alpha value is -2.29. The molecule has 128 valence electrons. The molecule has 1 N–H and O–H groups in total. The summed E-state index contributed by atoms with van der Waals surface area (Å²) in [6, 6.07) is 15.8. The van der Waals surface area contributed by atoms with E-state index in [-0.39, 0.29) is 11.3 Å². The quantitative estimate of drug-likeness (QED) is 0.844. The minimum Gasteiger partial charge on any atom is -0.481 e. The van der Waals surface area contributed by atoms with E-state index in [2.05, 4.69) is 33.0 Å². The third-order valence-corrected chi connectivity index (χ3v) is 4.06. The van der Waals surface area contributed by atoms with Crippen molar-refractivity contribution < 1.29 is 9.53 Å². The molecule has 1 amide bonds. The summed E-state index contributed by atoms with van der Waals surface area (Å²) in [6.07, 6.45) is 0.315. The van der Waals surface area contributed by atoms with E-state index in [1.54, 1.807) is 6.92 Å². The molecular formula is C21H27NO2. The van der Waals surface area contributed by atoms with Crippen LogP contribution in [0.25, 0.3) is 0 Å². The number of rotatable bonds is 5. The fourth-order valence-corrected chi connectivity index (χ4v) is 2.48. The van der Waals surface area contributed by atoms with Gasteiger partial charge >= 0.3 is 0 Å². The lowest BCUT2D eigenvalue weighted by molar-refractivity contribution is -0.122. The first-order valence-corrected chi connectivity index (χ1v) is 8.47. The summed E-state index contributed by atoms with van der Waals surface area (Å²) in [5.41, 5.74) is 3.31. The summed E-state index contributed by atoms with van der Waals surface area (Å²) in [5, 5.41) is 2.95. The van der Waals surface area contributed by atoms with Gasteiger partial charge in [0.2, 0.25) is 0 Å².